The number of benzene rings is 4. The Bertz CT molecular complexity index is 2140. The van der Waals surface area contributed by atoms with Gasteiger partial charge < -0.3 is 9.97 Å². The van der Waals surface area contributed by atoms with Crippen LogP contribution < -0.4 is 0 Å². The number of fused-ring (bicyclic) bond motifs is 5. The number of nitrogens with zero attached hydrogens (tertiary/aromatic N) is 2. The van der Waals surface area contributed by atoms with Crippen LogP contribution in [0, 0.1) is 24.4 Å². The van der Waals surface area contributed by atoms with Crippen molar-refractivity contribution in [3.8, 4) is 44.8 Å². The van der Waals surface area contributed by atoms with Gasteiger partial charge >= 0.3 is 0 Å². The van der Waals surface area contributed by atoms with Gasteiger partial charge in [-0.2, -0.15) is 0 Å². The molecule has 1 aliphatic carbocycles. The van der Waals surface area contributed by atoms with Crippen molar-refractivity contribution in [2.24, 2.45) is 5.41 Å². The molecule has 0 atom stereocenters. The maximum atomic E-state index is 8.48. The molecule has 2 heterocycles. The Morgan fingerprint density at radius 2 is 1.22 bits per heavy atom. The Hall–Kier alpha value is -4.17. The number of aromatic nitrogens is 2. The van der Waals surface area contributed by atoms with Crippen LogP contribution in [-0.4, -0.2) is 9.97 Å². The van der Waals surface area contributed by atoms with Crippen LogP contribution in [-0.2, 0) is 31.9 Å². The summed E-state index contributed by atoms with van der Waals surface area (Å²) in [6, 6.07) is 42.8. The molecule has 0 saturated heterocycles. The van der Waals surface area contributed by atoms with Crippen LogP contribution in [0.4, 0.5) is 0 Å². The zero-order valence-electron chi connectivity index (χ0n) is 31.8. The fourth-order valence-corrected chi connectivity index (χ4v) is 5.91. The molecule has 0 fully saturated rings. The van der Waals surface area contributed by atoms with E-state index in [0.717, 1.165) is 11.3 Å². The van der Waals surface area contributed by atoms with Gasteiger partial charge in [0.2, 0.25) is 0 Å². The summed E-state index contributed by atoms with van der Waals surface area (Å²) in [6.45, 7) is 7.48. The van der Waals surface area contributed by atoms with E-state index in [1.54, 1.807) is 32.9 Å². The van der Waals surface area contributed by atoms with Crippen LogP contribution in [0.5, 0.6) is 0 Å². The third-order valence-corrected chi connectivity index (χ3v) is 8.07. The van der Waals surface area contributed by atoms with E-state index in [1.807, 2.05) is 42.6 Å². The van der Waals surface area contributed by atoms with Gasteiger partial charge in [0, 0.05) is 50.3 Å². The minimum Gasteiger partial charge on any atom is -0.304 e. The molecule has 6 aromatic rings. The molecule has 0 amide bonds. The third-order valence-electron chi connectivity index (χ3n) is 8.07. The van der Waals surface area contributed by atoms with Crippen molar-refractivity contribution in [1.82, 2.24) is 9.97 Å². The Balaban J connectivity index is 0.000000197. The topological polar surface area (TPSA) is 25.8 Å². The molecule has 233 valence electrons. The van der Waals surface area contributed by atoms with Gasteiger partial charge in [-0.15, -0.1) is 71.8 Å². The van der Waals surface area contributed by atoms with Crippen LogP contribution in [0.3, 0.4) is 0 Å². The predicted molar refractivity (Wildman–Crippen MR) is 188 cm³/mol. The monoisotopic (exact) mass is 782 g/mol. The molecule has 2 aromatic heterocycles. The molecule has 7 rings (SSSR count). The number of aryl methyl sites for hydroxylation is 1. The summed E-state index contributed by atoms with van der Waals surface area (Å²) >= 11 is 0. The van der Waals surface area contributed by atoms with E-state index in [1.165, 1.54) is 39.6 Å². The van der Waals surface area contributed by atoms with Crippen LogP contribution >= 0.6 is 0 Å². The summed E-state index contributed by atoms with van der Waals surface area (Å²) in [5, 5.41) is 0. The number of hydrogen-bond acceptors (Lipinski definition) is 2. The number of hydrogen-bond donors (Lipinski definition) is 0. The number of pyridine rings is 2. The van der Waals surface area contributed by atoms with E-state index < -0.39 is 18.6 Å². The predicted octanol–water partition coefficient (Wildman–Crippen LogP) is 11.0. The van der Waals surface area contributed by atoms with Crippen molar-refractivity contribution in [1.29, 1.82) is 0 Å². The summed E-state index contributed by atoms with van der Waals surface area (Å²) < 4.78 is 40.0. The van der Waals surface area contributed by atoms with Gasteiger partial charge in [-0.3, -0.25) is 0 Å². The third kappa shape index (κ3) is 6.97. The van der Waals surface area contributed by atoms with E-state index in [0.29, 0.717) is 11.3 Å². The van der Waals surface area contributed by atoms with Gasteiger partial charge in [-0.1, -0.05) is 101 Å². The molecule has 0 N–H and O–H groups in total. The van der Waals surface area contributed by atoms with Crippen molar-refractivity contribution < 1.29 is 27.0 Å². The average Bonchev–Trinajstić information content (AvgIpc) is 3.19. The second-order valence-electron chi connectivity index (χ2n) is 12.9. The second-order valence-corrected chi connectivity index (χ2v) is 12.9. The van der Waals surface area contributed by atoms with Gasteiger partial charge in [-0.05, 0) is 63.4 Å². The molecule has 0 aliphatic heterocycles. The molecule has 4 aromatic carbocycles. The van der Waals surface area contributed by atoms with Crippen LogP contribution in [0.2, 0.25) is 0 Å². The maximum absolute atomic E-state index is 8.48. The van der Waals surface area contributed by atoms with Crippen LogP contribution in [0.1, 0.15) is 63.7 Å². The maximum Gasteiger partial charge on any atom is 0.0321 e. The smallest absolute Gasteiger partial charge is 0.0321 e. The molecule has 46 heavy (non-hydrogen) atoms. The van der Waals surface area contributed by atoms with Crippen LogP contribution in [0.25, 0.3) is 44.8 Å². The number of rotatable bonds is 3. The first-order valence-corrected chi connectivity index (χ1v) is 15.3. The molecule has 3 heteroatoms. The molecule has 0 unspecified atom stereocenters. The van der Waals surface area contributed by atoms with Crippen LogP contribution in [0.15, 0.2) is 122 Å². The minimum atomic E-state index is -2.42. The van der Waals surface area contributed by atoms with Gasteiger partial charge in [0.05, 0.1) is 0 Å². The summed E-state index contributed by atoms with van der Waals surface area (Å²) in [4.78, 5) is 9.01. The molecule has 0 bridgehead atoms. The first-order chi connectivity index (χ1) is 23.6. The van der Waals surface area contributed by atoms with Crippen molar-refractivity contribution in [3.63, 3.8) is 0 Å². The summed E-state index contributed by atoms with van der Waals surface area (Å²) in [7, 11) is 0. The van der Waals surface area contributed by atoms with E-state index in [4.69, 9.17) is 11.8 Å². The van der Waals surface area contributed by atoms with E-state index >= 15 is 0 Å². The first-order valence-electron chi connectivity index (χ1n) is 17.8. The Labute approximate surface area is 295 Å². The second kappa shape index (κ2) is 13.7. The largest absolute Gasteiger partial charge is 0.304 e. The molecule has 0 saturated carbocycles. The molecule has 2 nitrogen and oxygen atoms in total. The molecular weight excluding hydrogens is 737 g/mol. The molecule has 0 spiro atoms. The molecule has 1 aliphatic rings. The Kier molecular flexibility index (Phi) is 8.02. The summed E-state index contributed by atoms with van der Waals surface area (Å²) in [6.07, 6.45) is 1.49. The molecular formula is C43H40IrN2-2. The van der Waals surface area contributed by atoms with Crippen molar-refractivity contribution in [2.75, 3.05) is 0 Å². The normalized spacial score (nSPS) is 14.8. The SMILES string of the molecule is CC1(C)c2ccccc2-c2ccccc2-c2cnc(-c3[c-]cccc3)cc21.[2H]C([2H])([2H])c1cnc(-c2[c-]cccc2)cc1C([2H])([2H])C(C)(C)C.[Ir]. The average molecular weight is 782 g/mol. The van der Waals surface area contributed by atoms with Gasteiger partial charge in [0.15, 0.2) is 0 Å². The Morgan fingerprint density at radius 1 is 0.674 bits per heavy atom. The standard InChI is InChI=1S/C26H20N.C17H20N.Ir/c1-26(2)23-15-9-8-14-21(23)19-12-6-7-13-20(19)22-17-27-25(16-24(22)26)18-10-4-3-5-11-18;1-13-12-18-16(14-8-6-5-7-9-14)10-15(13)11-17(2,3)4;/h3-10,12-17H,1-2H3;5-8,10,12H,11H2,1-4H3;/q2*-1;/i;1D3,11D2;. The van der Waals surface area contributed by atoms with Gasteiger partial charge in [0.1, 0.15) is 0 Å². The first kappa shape index (κ1) is 27.0. The van der Waals surface area contributed by atoms with Gasteiger partial charge in [-0.25, -0.2) is 0 Å². The van der Waals surface area contributed by atoms with E-state index in [9.17, 15) is 0 Å². The zero-order chi connectivity index (χ0) is 35.9. The van der Waals surface area contributed by atoms with Crippen molar-refractivity contribution >= 4 is 0 Å². The van der Waals surface area contributed by atoms with Crippen molar-refractivity contribution in [3.05, 3.63) is 156 Å². The fraction of sp³-hybridized carbons (Fsp3) is 0.209. The van der Waals surface area contributed by atoms with E-state index in [2.05, 4.69) is 91.6 Å². The van der Waals surface area contributed by atoms with E-state index in [-0.39, 0.29) is 36.6 Å². The van der Waals surface area contributed by atoms with Gasteiger partial charge in [0.25, 0.3) is 0 Å². The minimum absolute atomic E-state index is 0. The van der Waals surface area contributed by atoms with Crippen molar-refractivity contribution in [2.45, 2.75) is 53.3 Å². The zero-order valence-corrected chi connectivity index (χ0v) is 29.2. The summed E-state index contributed by atoms with van der Waals surface area (Å²) in [5.74, 6) is 0. The summed E-state index contributed by atoms with van der Waals surface area (Å²) in [5.41, 5.74) is 10.2. The molecule has 1 radical (unpaired) electrons. The fourth-order valence-electron chi connectivity index (χ4n) is 5.91. The Morgan fingerprint density at radius 3 is 1.80 bits per heavy atom. The quantitative estimate of drug-likeness (QED) is 0.167.